The number of hydrogen-bond acceptors (Lipinski definition) is 3. The summed E-state index contributed by atoms with van der Waals surface area (Å²) < 4.78 is 42.4. The lowest BCUT2D eigenvalue weighted by Crippen LogP contribution is -2.10. The molecule has 0 spiro atoms. The van der Waals surface area contributed by atoms with Crippen LogP contribution < -0.4 is 0 Å². The summed E-state index contributed by atoms with van der Waals surface area (Å²) in [7, 11) is 0. The van der Waals surface area contributed by atoms with Gasteiger partial charge >= 0.3 is 6.18 Å². The van der Waals surface area contributed by atoms with E-state index in [4.69, 9.17) is 0 Å². The third kappa shape index (κ3) is 5.78. The minimum atomic E-state index is -4.63. The lowest BCUT2D eigenvalue weighted by Gasteiger charge is -2.08. The SMILES string of the molecule is CCC/C=C(\c1ccccc1)n1cc(/C(C)=C/N=C(C=O)C(C)C)c(C(F)(F)F)n1. The van der Waals surface area contributed by atoms with Crippen molar-refractivity contribution < 1.29 is 18.0 Å². The smallest absolute Gasteiger partial charge is 0.297 e. The summed E-state index contributed by atoms with van der Waals surface area (Å²) in [4.78, 5) is 15.2. The molecule has 2 rings (SSSR count). The van der Waals surface area contributed by atoms with Crippen LogP contribution in [0.4, 0.5) is 13.2 Å². The van der Waals surface area contributed by atoms with Crippen LogP contribution in [0.5, 0.6) is 0 Å². The van der Waals surface area contributed by atoms with Crippen LogP contribution in [0, 0.1) is 5.92 Å². The van der Waals surface area contributed by atoms with Gasteiger partial charge in [-0.1, -0.05) is 63.6 Å². The fraction of sp³-hybridized carbons (Fsp3) is 0.348. The van der Waals surface area contributed by atoms with E-state index in [9.17, 15) is 18.0 Å². The van der Waals surface area contributed by atoms with Crippen molar-refractivity contribution in [3.05, 3.63) is 65.6 Å². The van der Waals surface area contributed by atoms with Crippen LogP contribution in [0.2, 0.25) is 0 Å². The highest BCUT2D eigenvalue weighted by Gasteiger charge is 2.38. The van der Waals surface area contributed by atoms with E-state index in [1.54, 1.807) is 13.8 Å². The van der Waals surface area contributed by atoms with Crippen LogP contribution in [-0.2, 0) is 11.0 Å². The molecule has 1 heterocycles. The molecule has 0 radical (unpaired) electrons. The second kappa shape index (κ2) is 10.2. The molecule has 1 aromatic carbocycles. The molecule has 2 aromatic rings. The van der Waals surface area contributed by atoms with Gasteiger partial charge in [-0.2, -0.15) is 18.3 Å². The van der Waals surface area contributed by atoms with E-state index in [1.807, 2.05) is 43.3 Å². The molecule has 0 saturated carbocycles. The molecule has 0 saturated heterocycles. The van der Waals surface area contributed by atoms with Gasteiger partial charge in [0.1, 0.15) is 0 Å². The van der Waals surface area contributed by atoms with Gasteiger partial charge in [0, 0.05) is 18.0 Å². The number of unbranched alkanes of at least 4 members (excludes halogenated alkanes) is 1. The van der Waals surface area contributed by atoms with Crippen molar-refractivity contribution in [3.8, 4) is 0 Å². The third-order valence-electron chi connectivity index (χ3n) is 4.47. The number of aromatic nitrogens is 2. The number of nitrogens with zero attached hydrogens (tertiary/aromatic N) is 3. The standard InChI is InChI=1S/C23H26F3N3O/c1-5-6-12-21(18-10-8-7-9-11-18)29-14-19(22(28-29)23(24,25)26)17(4)13-27-20(15-30)16(2)3/h7-16H,5-6H2,1-4H3/b17-13+,21-12+,27-20?. The Kier molecular flexibility index (Phi) is 7.92. The van der Waals surface area contributed by atoms with Gasteiger partial charge in [-0.05, 0) is 30.4 Å². The first-order valence-electron chi connectivity index (χ1n) is 9.81. The number of aldehydes is 1. The average molecular weight is 417 g/mol. The minimum Gasteiger partial charge on any atom is -0.297 e. The summed E-state index contributed by atoms with van der Waals surface area (Å²) in [6.07, 6.45) is 2.09. The molecular weight excluding hydrogens is 391 g/mol. The molecular formula is C23H26F3N3O. The van der Waals surface area contributed by atoms with E-state index in [0.717, 1.165) is 12.0 Å². The second-order valence-corrected chi connectivity index (χ2v) is 7.22. The monoisotopic (exact) mass is 417 g/mol. The Labute approximate surface area is 174 Å². The predicted octanol–water partition coefficient (Wildman–Crippen LogP) is 6.25. The summed E-state index contributed by atoms with van der Waals surface area (Å²) in [6, 6.07) is 9.18. The van der Waals surface area contributed by atoms with Gasteiger partial charge in [-0.3, -0.25) is 9.79 Å². The molecule has 0 amide bonds. The Bertz CT molecular complexity index is 952. The zero-order valence-corrected chi connectivity index (χ0v) is 17.6. The maximum atomic E-state index is 13.7. The minimum absolute atomic E-state index is 0.0708. The Morgan fingerprint density at radius 2 is 1.90 bits per heavy atom. The Balaban J connectivity index is 2.62. The van der Waals surface area contributed by atoms with Crippen LogP contribution in [0.15, 0.2) is 53.8 Å². The average Bonchev–Trinajstić information content (AvgIpc) is 3.15. The quantitative estimate of drug-likeness (QED) is 0.377. The Morgan fingerprint density at radius 1 is 1.23 bits per heavy atom. The fourth-order valence-corrected chi connectivity index (χ4v) is 2.79. The van der Waals surface area contributed by atoms with E-state index >= 15 is 0 Å². The summed E-state index contributed by atoms with van der Waals surface area (Å²) in [5.41, 5.74) is 0.845. The lowest BCUT2D eigenvalue weighted by atomic mass is 10.1. The highest BCUT2D eigenvalue weighted by Crippen LogP contribution is 2.35. The maximum Gasteiger partial charge on any atom is 0.435 e. The number of benzene rings is 1. The number of hydrogen-bond donors (Lipinski definition) is 0. The van der Waals surface area contributed by atoms with E-state index in [2.05, 4.69) is 10.1 Å². The van der Waals surface area contributed by atoms with Crippen LogP contribution >= 0.6 is 0 Å². The fourth-order valence-electron chi connectivity index (χ4n) is 2.79. The predicted molar refractivity (Wildman–Crippen MR) is 114 cm³/mol. The number of carbonyl (C=O) groups excluding carboxylic acids is 1. The first kappa shape index (κ1) is 23.3. The van der Waals surface area contributed by atoms with Crippen LogP contribution in [0.1, 0.15) is 57.4 Å². The summed E-state index contributed by atoms with van der Waals surface area (Å²) in [5.74, 6) is -0.127. The van der Waals surface area contributed by atoms with Crippen molar-refractivity contribution >= 4 is 23.3 Å². The van der Waals surface area contributed by atoms with E-state index in [0.29, 0.717) is 18.4 Å². The van der Waals surface area contributed by atoms with Gasteiger partial charge in [0.15, 0.2) is 12.0 Å². The normalized spacial score (nSPS) is 13.8. The molecule has 0 aliphatic carbocycles. The van der Waals surface area contributed by atoms with Gasteiger partial charge < -0.3 is 0 Å². The first-order chi connectivity index (χ1) is 14.2. The van der Waals surface area contributed by atoms with E-state index in [1.165, 1.54) is 24.0 Å². The van der Waals surface area contributed by atoms with Gasteiger partial charge in [0.25, 0.3) is 0 Å². The van der Waals surface area contributed by atoms with Crippen molar-refractivity contribution in [2.24, 2.45) is 10.9 Å². The molecule has 7 heteroatoms. The van der Waals surface area contributed by atoms with Crippen LogP contribution in [-0.4, -0.2) is 21.8 Å². The number of allylic oxidation sites excluding steroid dienone is 2. The van der Waals surface area contributed by atoms with Gasteiger partial charge in [-0.15, -0.1) is 0 Å². The number of alkyl halides is 3. The van der Waals surface area contributed by atoms with E-state index < -0.39 is 11.9 Å². The summed E-state index contributed by atoms with van der Waals surface area (Å²) >= 11 is 0. The molecule has 0 aliphatic heterocycles. The Morgan fingerprint density at radius 3 is 2.43 bits per heavy atom. The van der Waals surface area contributed by atoms with Gasteiger partial charge in [-0.25, -0.2) is 4.68 Å². The second-order valence-electron chi connectivity index (χ2n) is 7.22. The molecule has 160 valence electrons. The molecule has 30 heavy (non-hydrogen) atoms. The molecule has 0 atom stereocenters. The zero-order chi connectivity index (χ0) is 22.3. The zero-order valence-electron chi connectivity index (χ0n) is 17.6. The van der Waals surface area contributed by atoms with Gasteiger partial charge in [0.2, 0.25) is 0 Å². The summed E-state index contributed by atoms with van der Waals surface area (Å²) in [5, 5.41) is 3.88. The number of rotatable bonds is 8. The Hall–Kier alpha value is -2.96. The first-order valence-corrected chi connectivity index (χ1v) is 9.81. The number of halogens is 3. The molecule has 0 N–H and O–H groups in total. The number of carbonyl (C=O) groups is 1. The third-order valence-corrected chi connectivity index (χ3v) is 4.47. The van der Waals surface area contributed by atoms with Crippen molar-refractivity contribution in [1.82, 2.24) is 9.78 Å². The molecule has 0 bridgehead atoms. The summed E-state index contributed by atoms with van der Waals surface area (Å²) in [6.45, 7) is 7.11. The highest BCUT2D eigenvalue weighted by molar-refractivity contribution is 6.29. The largest absolute Gasteiger partial charge is 0.435 e. The lowest BCUT2D eigenvalue weighted by molar-refractivity contribution is -0.141. The van der Waals surface area contributed by atoms with Crippen LogP contribution in [0.3, 0.4) is 0 Å². The van der Waals surface area contributed by atoms with Crippen molar-refractivity contribution in [1.29, 1.82) is 0 Å². The molecule has 1 aromatic heterocycles. The number of aliphatic imine (C=N–C) groups is 1. The molecule has 0 fully saturated rings. The van der Waals surface area contributed by atoms with Gasteiger partial charge in [0.05, 0.1) is 11.4 Å². The van der Waals surface area contributed by atoms with Crippen LogP contribution in [0.25, 0.3) is 11.3 Å². The van der Waals surface area contributed by atoms with Crippen molar-refractivity contribution in [2.75, 3.05) is 0 Å². The highest BCUT2D eigenvalue weighted by atomic mass is 19.4. The van der Waals surface area contributed by atoms with E-state index in [-0.39, 0.29) is 22.8 Å². The van der Waals surface area contributed by atoms with Crippen molar-refractivity contribution in [2.45, 2.75) is 46.7 Å². The maximum absolute atomic E-state index is 13.7. The molecule has 0 aliphatic rings. The topological polar surface area (TPSA) is 47.2 Å². The van der Waals surface area contributed by atoms with Crippen molar-refractivity contribution in [3.63, 3.8) is 0 Å². The molecule has 0 unspecified atom stereocenters. The molecule has 4 nitrogen and oxygen atoms in total.